The molecule has 8 nitrogen and oxygen atoms in total. The summed E-state index contributed by atoms with van der Waals surface area (Å²) in [4.78, 5) is 45.9. The molecule has 25 heavy (non-hydrogen) atoms. The molecular weight excluding hydrogens is 368 g/mol. The first-order valence-electron chi connectivity index (χ1n) is 8.01. The summed E-state index contributed by atoms with van der Waals surface area (Å²) in [5.74, 6) is -0.987. The Hall–Kier alpha value is -1.42. The zero-order valence-electron chi connectivity index (χ0n) is 14.7. The van der Waals surface area contributed by atoms with Crippen LogP contribution in [0.1, 0.15) is 40.0 Å². The van der Waals surface area contributed by atoms with E-state index in [9.17, 15) is 19.2 Å². The molecule has 0 saturated heterocycles. The fourth-order valence-electron chi connectivity index (χ4n) is 1.54. The monoisotopic (exact) mass is 393 g/mol. The van der Waals surface area contributed by atoms with Gasteiger partial charge in [0.15, 0.2) is 0 Å². The molecule has 2 atom stereocenters. The lowest BCUT2D eigenvalue weighted by molar-refractivity contribution is -0.157. The van der Waals surface area contributed by atoms with E-state index >= 15 is 0 Å². The molecule has 144 valence electrons. The molecule has 0 rings (SSSR count). The van der Waals surface area contributed by atoms with Crippen molar-refractivity contribution in [2.24, 2.45) is 0 Å². The maximum Gasteiger partial charge on any atom is 0.305 e. The first kappa shape index (κ1) is 23.6. The second-order valence-electron chi connectivity index (χ2n) is 4.98. The quantitative estimate of drug-likeness (QED) is 0.364. The van der Waals surface area contributed by atoms with Gasteiger partial charge in [0.1, 0.15) is 18.8 Å². The molecule has 0 spiro atoms. The van der Waals surface area contributed by atoms with Gasteiger partial charge >= 0.3 is 11.9 Å². The van der Waals surface area contributed by atoms with Crippen LogP contribution in [0.15, 0.2) is 0 Å². The number of carbonyl (C=O) groups excluding carboxylic acids is 4. The predicted molar refractivity (Wildman–Crippen MR) is 96.5 cm³/mol. The molecular formula is C15H25N2O6S2-. The number of ether oxygens (including phenoxy) is 2. The van der Waals surface area contributed by atoms with Gasteiger partial charge in [-0.3, -0.25) is 19.2 Å². The number of esters is 2. The Balaban J connectivity index is 4.59. The van der Waals surface area contributed by atoms with Gasteiger partial charge in [0.2, 0.25) is 11.8 Å². The van der Waals surface area contributed by atoms with Gasteiger partial charge in [0, 0.05) is 30.8 Å². The van der Waals surface area contributed by atoms with Crippen LogP contribution in [-0.2, 0) is 41.5 Å². The summed E-state index contributed by atoms with van der Waals surface area (Å²) in [7, 11) is 0. The fourth-order valence-corrected chi connectivity index (χ4v) is 2.72. The van der Waals surface area contributed by atoms with Gasteiger partial charge in [-0.1, -0.05) is 20.8 Å². The van der Waals surface area contributed by atoms with E-state index in [2.05, 4.69) is 22.9 Å². The van der Waals surface area contributed by atoms with Crippen molar-refractivity contribution in [3.05, 3.63) is 0 Å². The van der Waals surface area contributed by atoms with Crippen LogP contribution in [0.25, 0.3) is 0 Å². The van der Waals surface area contributed by atoms with Crippen LogP contribution in [0.5, 0.6) is 0 Å². The number of hydrogen-bond donors (Lipinski definition) is 2. The minimum Gasteiger partial charge on any atom is -0.668 e. The highest BCUT2D eigenvalue weighted by atomic mass is 32.2. The topological polar surface area (TPSA) is 111 Å². The summed E-state index contributed by atoms with van der Waals surface area (Å²) in [6, 6.07) is -0.782. The number of carbonyl (C=O) groups is 4. The molecule has 0 aromatic heterocycles. The van der Waals surface area contributed by atoms with Crippen molar-refractivity contribution in [1.29, 1.82) is 0 Å². The van der Waals surface area contributed by atoms with Crippen molar-refractivity contribution < 1.29 is 28.7 Å². The van der Waals surface area contributed by atoms with Gasteiger partial charge < -0.3 is 32.3 Å². The van der Waals surface area contributed by atoms with E-state index in [1.165, 1.54) is 11.8 Å². The Morgan fingerprint density at radius 2 is 1.64 bits per heavy atom. The number of rotatable bonds is 12. The minimum absolute atomic E-state index is 0.0510. The minimum atomic E-state index is -0.782. The Labute approximate surface area is 157 Å². The molecule has 0 aliphatic heterocycles. The number of thioether (sulfide) groups is 1. The summed E-state index contributed by atoms with van der Waals surface area (Å²) in [5.41, 5.74) is 0. The van der Waals surface area contributed by atoms with Crippen molar-refractivity contribution in [1.82, 2.24) is 10.0 Å². The van der Waals surface area contributed by atoms with Gasteiger partial charge in [0.25, 0.3) is 0 Å². The second kappa shape index (κ2) is 13.8. The normalized spacial score (nSPS) is 12.6. The summed E-state index contributed by atoms with van der Waals surface area (Å²) in [6.45, 7) is 4.95. The molecule has 0 heterocycles. The van der Waals surface area contributed by atoms with E-state index in [1.807, 2.05) is 0 Å². The van der Waals surface area contributed by atoms with Crippen LogP contribution in [0.2, 0.25) is 0 Å². The van der Waals surface area contributed by atoms with Crippen LogP contribution in [0.3, 0.4) is 0 Å². The largest absolute Gasteiger partial charge is 0.668 e. The lowest BCUT2D eigenvalue weighted by atomic mass is 10.3. The van der Waals surface area contributed by atoms with Crippen LogP contribution < -0.4 is 10.0 Å². The highest BCUT2D eigenvalue weighted by Crippen LogP contribution is 2.10. The molecule has 2 amide bonds. The molecule has 0 aliphatic carbocycles. The number of nitrogens with one attached hydrogen (secondary N) is 2. The van der Waals surface area contributed by atoms with Crippen LogP contribution in [0, 0.1) is 0 Å². The maximum atomic E-state index is 11.7. The average molecular weight is 394 g/mol. The zero-order valence-corrected chi connectivity index (χ0v) is 16.3. The standard InChI is InChI=1S/C15H25N2O6S2/c1-4-12(18)16-11(15(21)17-24)9-25-8-10(23-14(20)6-3)7-22-13(19)5-2/h10-11H,4-9H2,1-3H3,(H2-,16,17,18,21,24)/q-1/t10-,11-/m0/s1. The van der Waals surface area contributed by atoms with Crippen LogP contribution >= 0.6 is 11.8 Å². The summed E-state index contributed by atoms with van der Waals surface area (Å²) in [6.07, 6.45) is 0.0552. The Morgan fingerprint density at radius 1 is 1.00 bits per heavy atom. The average Bonchev–Trinajstić information content (AvgIpc) is 2.63. The van der Waals surface area contributed by atoms with Gasteiger partial charge in [-0.2, -0.15) is 11.8 Å². The van der Waals surface area contributed by atoms with E-state index in [0.717, 1.165) is 0 Å². The SMILES string of the molecule is CCC(=O)N[C@@H](CSC[C@H](COC(=O)CC)OC(=O)CC)C(=O)N[S-]. The summed E-state index contributed by atoms with van der Waals surface area (Å²) in [5, 5.41) is 2.57. The third-order valence-corrected chi connectivity index (χ3v) is 4.35. The summed E-state index contributed by atoms with van der Waals surface area (Å²) < 4.78 is 12.3. The van der Waals surface area contributed by atoms with Gasteiger partial charge in [-0.25, -0.2) is 0 Å². The molecule has 0 bridgehead atoms. The summed E-state index contributed by atoms with van der Waals surface area (Å²) >= 11 is 5.80. The Morgan fingerprint density at radius 3 is 2.16 bits per heavy atom. The Bertz CT molecular complexity index is 461. The fraction of sp³-hybridized carbons (Fsp3) is 0.733. The van der Waals surface area contributed by atoms with Crippen LogP contribution in [0.4, 0.5) is 0 Å². The molecule has 0 saturated carbocycles. The van der Waals surface area contributed by atoms with Crippen molar-refractivity contribution in [2.45, 2.75) is 52.2 Å². The van der Waals surface area contributed by atoms with E-state index in [4.69, 9.17) is 9.47 Å². The van der Waals surface area contributed by atoms with Gasteiger partial charge in [-0.05, 0) is 0 Å². The lowest BCUT2D eigenvalue weighted by Crippen LogP contribution is -2.47. The molecule has 2 N–H and O–H groups in total. The zero-order chi connectivity index (χ0) is 19.2. The highest BCUT2D eigenvalue weighted by Gasteiger charge is 2.20. The third kappa shape index (κ3) is 10.9. The first-order valence-corrected chi connectivity index (χ1v) is 9.58. The second-order valence-corrected chi connectivity index (χ2v) is 6.26. The molecule has 0 aromatic rings. The maximum absolute atomic E-state index is 11.7. The first-order chi connectivity index (χ1) is 11.9. The molecule has 0 aromatic carbocycles. The highest BCUT2D eigenvalue weighted by molar-refractivity contribution is 7.99. The Kier molecular flexibility index (Phi) is 13.0. The lowest BCUT2D eigenvalue weighted by Gasteiger charge is -2.22. The predicted octanol–water partition coefficient (Wildman–Crippen LogP) is 0.468. The van der Waals surface area contributed by atoms with Crippen molar-refractivity contribution >= 4 is 48.3 Å². The molecule has 0 aliphatic rings. The number of hydrogen-bond acceptors (Lipinski definition) is 8. The van der Waals surface area contributed by atoms with E-state index in [-0.39, 0.29) is 43.5 Å². The van der Waals surface area contributed by atoms with Crippen molar-refractivity contribution in [2.75, 3.05) is 18.1 Å². The van der Waals surface area contributed by atoms with Crippen LogP contribution in [-0.4, -0.2) is 54.0 Å². The molecule has 0 radical (unpaired) electrons. The van der Waals surface area contributed by atoms with E-state index in [0.29, 0.717) is 5.75 Å². The van der Waals surface area contributed by atoms with Crippen molar-refractivity contribution in [3.8, 4) is 0 Å². The molecule has 10 heteroatoms. The third-order valence-electron chi connectivity index (χ3n) is 2.97. The molecule has 0 unspecified atom stereocenters. The smallest absolute Gasteiger partial charge is 0.305 e. The van der Waals surface area contributed by atoms with Crippen molar-refractivity contribution in [3.63, 3.8) is 0 Å². The van der Waals surface area contributed by atoms with Gasteiger partial charge in [-0.15, -0.1) is 0 Å². The van der Waals surface area contributed by atoms with Gasteiger partial charge in [0.05, 0.1) is 0 Å². The molecule has 0 fully saturated rings. The van der Waals surface area contributed by atoms with E-state index in [1.54, 1.807) is 20.8 Å². The van der Waals surface area contributed by atoms with E-state index < -0.39 is 24.0 Å². The number of amides is 2.